The second-order valence-electron chi connectivity index (χ2n) is 3.37. The molecule has 0 unspecified atom stereocenters. The monoisotopic (exact) mass is 219 g/mol. The number of nitrogen functional groups attached to an aromatic ring is 1. The lowest BCUT2D eigenvalue weighted by atomic mass is 10.1. The number of rotatable bonds is 4. The minimum atomic E-state index is 0.294. The summed E-state index contributed by atoms with van der Waals surface area (Å²) in [6.45, 7) is 2.78. The molecule has 0 radical (unpaired) electrons. The molecule has 5 heteroatoms. The summed E-state index contributed by atoms with van der Waals surface area (Å²) in [5.74, 6) is 1.13. The van der Waals surface area contributed by atoms with Crippen molar-refractivity contribution in [2.75, 3.05) is 12.3 Å². The molecule has 2 N–H and O–H groups in total. The van der Waals surface area contributed by atoms with Crippen LogP contribution in [0.15, 0.2) is 28.9 Å². The predicted molar refractivity (Wildman–Crippen MR) is 59.9 cm³/mol. The van der Waals surface area contributed by atoms with Gasteiger partial charge in [0.25, 0.3) is 0 Å². The molecule has 1 aromatic heterocycles. The lowest BCUT2D eigenvalue weighted by molar-refractivity contribution is 0.310. The smallest absolute Gasteiger partial charge is 0.196 e. The van der Waals surface area contributed by atoms with Crippen molar-refractivity contribution in [3.63, 3.8) is 0 Å². The molecule has 16 heavy (non-hydrogen) atoms. The number of aromatic nitrogens is 2. The number of nitrogens with two attached hydrogens (primary N) is 1. The normalized spacial score (nSPS) is 10.3. The van der Waals surface area contributed by atoms with Gasteiger partial charge in [0.15, 0.2) is 11.5 Å². The van der Waals surface area contributed by atoms with Crippen LogP contribution in [0, 0.1) is 0 Å². The van der Waals surface area contributed by atoms with Crippen LogP contribution in [0.4, 0.5) is 5.82 Å². The van der Waals surface area contributed by atoms with E-state index in [9.17, 15) is 0 Å². The zero-order valence-corrected chi connectivity index (χ0v) is 9.01. The number of anilines is 1. The molecule has 0 amide bonds. The molecule has 1 heterocycles. The van der Waals surface area contributed by atoms with E-state index >= 15 is 0 Å². The summed E-state index contributed by atoms with van der Waals surface area (Å²) >= 11 is 0. The number of ether oxygens (including phenoxy) is 1. The van der Waals surface area contributed by atoms with Crippen LogP contribution in [0.2, 0.25) is 0 Å². The largest absolute Gasteiger partial charge is 0.494 e. The van der Waals surface area contributed by atoms with Crippen LogP contribution in [0.5, 0.6) is 5.75 Å². The standard InChI is InChI=1S/C11H13N3O2/c1-2-7-15-9-5-3-8(4-6-9)10-11(12)14-16-13-10/h3-6H,2,7H2,1H3,(H2,12,14). The Morgan fingerprint density at radius 3 is 2.56 bits per heavy atom. The van der Waals surface area contributed by atoms with Crippen LogP contribution in [0.3, 0.4) is 0 Å². The van der Waals surface area contributed by atoms with Gasteiger partial charge in [0, 0.05) is 5.56 Å². The van der Waals surface area contributed by atoms with Crippen molar-refractivity contribution in [3.05, 3.63) is 24.3 Å². The second kappa shape index (κ2) is 4.65. The number of nitrogens with zero attached hydrogens (tertiary/aromatic N) is 2. The van der Waals surface area contributed by atoms with E-state index in [0.29, 0.717) is 18.1 Å². The zero-order valence-electron chi connectivity index (χ0n) is 9.01. The SMILES string of the molecule is CCCOc1ccc(-c2nonc2N)cc1. The Kier molecular flexibility index (Phi) is 3.05. The molecule has 0 aliphatic rings. The Bertz CT molecular complexity index is 451. The number of benzene rings is 1. The van der Waals surface area contributed by atoms with Gasteiger partial charge in [0.1, 0.15) is 5.75 Å². The van der Waals surface area contributed by atoms with E-state index in [4.69, 9.17) is 10.5 Å². The summed E-state index contributed by atoms with van der Waals surface area (Å²) in [5, 5.41) is 7.25. The van der Waals surface area contributed by atoms with Crippen molar-refractivity contribution in [3.8, 4) is 17.0 Å². The van der Waals surface area contributed by atoms with Crippen molar-refractivity contribution >= 4 is 5.82 Å². The maximum atomic E-state index is 5.59. The molecule has 5 nitrogen and oxygen atoms in total. The number of hydrogen-bond acceptors (Lipinski definition) is 5. The molecular formula is C11H13N3O2. The topological polar surface area (TPSA) is 74.2 Å². The summed E-state index contributed by atoms with van der Waals surface area (Å²) < 4.78 is 10.0. The first-order valence-corrected chi connectivity index (χ1v) is 5.12. The fourth-order valence-corrected chi connectivity index (χ4v) is 1.32. The fourth-order valence-electron chi connectivity index (χ4n) is 1.32. The second-order valence-corrected chi connectivity index (χ2v) is 3.37. The van der Waals surface area contributed by atoms with Gasteiger partial charge in [-0.3, -0.25) is 0 Å². The van der Waals surface area contributed by atoms with E-state index in [1.807, 2.05) is 24.3 Å². The molecule has 0 fully saturated rings. The maximum absolute atomic E-state index is 5.59. The summed E-state index contributed by atoms with van der Waals surface area (Å²) in [4.78, 5) is 0. The van der Waals surface area contributed by atoms with Crippen LogP contribution >= 0.6 is 0 Å². The van der Waals surface area contributed by atoms with Crippen molar-refractivity contribution < 1.29 is 9.37 Å². The van der Waals surface area contributed by atoms with Gasteiger partial charge in [-0.05, 0) is 41.0 Å². The molecule has 0 spiro atoms. The molecular weight excluding hydrogens is 206 g/mol. The zero-order chi connectivity index (χ0) is 11.4. The van der Waals surface area contributed by atoms with Gasteiger partial charge in [-0.1, -0.05) is 6.92 Å². The first-order chi connectivity index (χ1) is 7.81. The van der Waals surface area contributed by atoms with E-state index < -0.39 is 0 Å². The quantitative estimate of drug-likeness (QED) is 0.852. The van der Waals surface area contributed by atoms with Crippen LogP contribution in [0.1, 0.15) is 13.3 Å². The molecule has 0 saturated carbocycles. The van der Waals surface area contributed by atoms with Crippen LogP contribution in [-0.2, 0) is 0 Å². The highest BCUT2D eigenvalue weighted by atomic mass is 16.6. The Balaban J connectivity index is 2.16. The van der Waals surface area contributed by atoms with Gasteiger partial charge in [-0.2, -0.15) is 0 Å². The van der Waals surface area contributed by atoms with Gasteiger partial charge in [-0.25, -0.2) is 4.63 Å². The lowest BCUT2D eigenvalue weighted by Gasteiger charge is -2.04. The lowest BCUT2D eigenvalue weighted by Crippen LogP contribution is -1.94. The van der Waals surface area contributed by atoms with Crippen molar-refractivity contribution in [2.24, 2.45) is 0 Å². The average molecular weight is 219 g/mol. The van der Waals surface area contributed by atoms with Crippen molar-refractivity contribution in [1.29, 1.82) is 0 Å². The van der Waals surface area contributed by atoms with Gasteiger partial charge >= 0.3 is 0 Å². The molecule has 2 aromatic rings. The highest BCUT2D eigenvalue weighted by molar-refractivity contribution is 5.69. The van der Waals surface area contributed by atoms with Crippen LogP contribution in [0.25, 0.3) is 11.3 Å². The Hall–Kier alpha value is -2.04. The molecule has 0 aliphatic carbocycles. The summed E-state index contributed by atoms with van der Waals surface area (Å²) in [5.41, 5.74) is 7.01. The first kappa shape index (κ1) is 10.5. The Morgan fingerprint density at radius 2 is 2.00 bits per heavy atom. The third kappa shape index (κ3) is 2.13. The molecule has 0 aliphatic heterocycles. The first-order valence-electron chi connectivity index (χ1n) is 5.12. The Morgan fingerprint density at radius 1 is 1.25 bits per heavy atom. The molecule has 0 bridgehead atoms. The maximum Gasteiger partial charge on any atom is 0.196 e. The van der Waals surface area contributed by atoms with E-state index in [-0.39, 0.29) is 0 Å². The van der Waals surface area contributed by atoms with Gasteiger partial charge in [0.2, 0.25) is 0 Å². The van der Waals surface area contributed by atoms with Gasteiger partial charge < -0.3 is 10.5 Å². The highest BCUT2D eigenvalue weighted by Gasteiger charge is 2.08. The Labute approximate surface area is 93.2 Å². The third-order valence-electron chi connectivity index (χ3n) is 2.11. The molecule has 1 aromatic carbocycles. The number of hydrogen-bond donors (Lipinski definition) is 1. The molecule has 84 valence electrons. The molecule has 0 atom stereocenters. The van der Waals surface area contributed by atoms with Gasteiger partial charge in [0.05, 0.1) is 6.61 Å². The van der Waals surface area contributed by atoms with Crippen LogP contribution < -0.4 is 10.5 Å². The summed E-state index contributed by atoms with van der Waals surface area (Å²) in [7, 11) is 0. The fraction of sp³-hybridized carbons (Fsp3) is 0.273. The third-order valence-corrected chi connectivity index (χ3v) is 2.11. The molecule has 2 rings (SSSR count). The van der Waals surface area contributed by atoms with Crippen LogP contribution in [-0.4, -0.2) is 16.9 Å². The van der Waals surface area contributed by atoms with Gasteiger partial charge in [-0.15, -0.1) is 0 Å². The summed E-state index contributed by atoms with van der Waals surface area (Å²) in [6, 6.07) is 7.50. The molecule has 0 saturated heterocycles. The minimum Gasteiger partial charge on any atom is -0.494 e. The van der Waals surface area contributed by atoms with Crippen molar-refractivity contribution in [2.45, 2.75) is 13.3 Å². The average Bonchev–Trinajstić information content (AvgIpc) is 2.74. The van der Waals surface area contributed by atoms with Crippen molar-refractivity contribution in [1.82, 2.24) is 10.3 Å². The van der Waals surface area contributed by atoms with E-state index in [1.54, 1.807) is 0 Å². The minimum absolute atomic E-state index is 0.294. The summed E-state index contributed by atoms with van der Waals surface area (Å²) in [6.07, 6.45) is 0.988. The highest BCUT2D eigenvalue weighted by Crippen LogP contribution is 2.24. The van der Waals surface area contributed by atoms with E-state index in [1.165, 1.54) is 0 Å². The predicted octanol–water partition coefficient (Wildman–Crippen LogP) is 2.11. The van der Waals surface area contributed by atoms with E-state index in [0.717, 1.165) is 17.7 Å². The van der Waals surface area contributed by atoms with E-state index in [2.05, 4.69) is 21.9 Å².